The maximum atomic E-state index is 12.4. The Balaban J connectivity index is 2.52. The molecule has 1 heterocycles. The van der Waals surface area contributed by atoms with E-state index in [2.05, 4.69) is 17.0 Å². The summed E-state index contributed by atoms with van der Waals surface area (Å²) >= 11 is 0. The summed E-state index contributed by atoms with van der Waals surface area (Å²) in [6.07, 6.45) is 1.02. The van der Waals surface area contributed by atoms with Gasteiger partial charge in [-0.2, -0.15) is 0 Å². The van der Waals surface area contributed by atoms with Gasteiger partial charge in [0, 0.05) is 19.6 Å². The van der Waals surface area contributed by atoms with Gasteiger partial charge in [0.2, 0.25) is 5.91 Å². The van der Waals surface area contributed by atoms with Crippen molar-refractivity contribution in [2.45, 2.75) is 26.3 Å². The molecule has 0 aromatic carbocycles. The van der Waals surface area contributed by atoms with Gasteiger partial charge in [-0.25, -0.2) is 0 Å². The molecule has 0 aliphatic carbocycles. The minimum absolute atomic E-state index is 0.0202. The molecule has 0 spiro atoms. The van der Waals surface area contributed by atoms with Gasteiger partial charge in [-0.15, -0.1) is 0 Å². The molecular formula is C14H26N2O4. The number of hydrogen-bond acceptors (Lipinski definition) is 5. The van der Waals surface area contributed by atoms with Crippen LogP contribution in [0, 0.1) is 11.8 Å². The van der Waals surface area contributed by atoms with Gasteiger partial charge in [-0.05, 0) is 13.0 Å². The monoisotopic (exact) mass is 286 g/mol. The lowest BCUT2D eigenvalue weighted by atomic mass is 10.0. The first-order valence-corrected chi connectivity index (χ1v) is 7.15. The molecule has 0 saturated carbocycles. The first kappa shape index (κ1) is 16.9. The second-order valence-corrected chi connectivity index (χ2v) is 5.35. The van der Waals surface area contributed by atoms with Crippen LogP contribution in [0.1, 0.15) is 20.3 Å². The molecule has 1 rings (SSSR count). The Labute approximate surface area is 120 Å². The number of methoxy groups -OCH3 is 1. The highest BCUT2D eigenvalue weighted by molar-refractivity contribution is 5.80. The Morgan fingerprint density at radius 2 is 2.15 bits per heavy atom. The highest BCUT2D eigenvalue weighted by Gasteiger charge is 2.35. The standard InChI is InChI=1S/C14H26N2O4/c1-5-6-15-12-9-20-8-11(12)13(17)16(3)7-10(2)14(18)19-4/h10-12,15H,5-9H2,1-4H3. The zero-order chi connectivity index (χ0) is 15.1. The van der Waals surface area contributed by atoms with E-state index in [1.807, 2.05) is 0 Å². The van der Waals surface area contributed by atoms with E-state index in [-0.39, 0.29) is 29.8 Å². The van der Waals surface area contributed by atoms with Crippen molar-refractivity contribution < 1.29 is 19.1 Å². The fraction of sp³-hybridized carbons (Fsp3) is 0.857. The van der Waals surface area contributed by atoms with Crippen LogP contribution in [0.5, 0.6) is 0 Å². The summed E-state index contributed by atoms with van der Waals surface area (Å²) in [4.78, 5) is 25.4. The highest BCUT2D eigenvalue weighted by Crippen LogP contribution is 2.17. The van der Waals surface area contributed by atoms with Crippen LogP contribution in [0.4, 0.5) is 0 Å². The first-order valence-electron chi connectivity index (χ1n) is 7.15. The average molecular weight is 286 g/mol. The van der Waals surface area contributed by atoms with Crippen molar-refractivity contribution in [1.82, 2.24) is 10.2 Å². The number of carbonyl (C=O) groups is 2. The fourth-order valence-corrected chi connectivity index (χ4v) is 2.39. The van der Waals surface area contributed by atoms with E-state index in [0.717, 1.165) is 13.0 Å². The van der Waals surface area contributed by atoms with Crippen molar-refractivity contribution in [3.63, 3.8) is 0 Å². The Kier molecular flexibility index (Phi) is 6.95. The molecule has 6 heteroatoms. The smallest absolute Gasteiger partial charge is 0.310 e. The molecule has 20 heavy (non-hydrogen) atoms. The molecular weight excluding hydrogens is 260 g/mol. The van der Waals surface area contributed by atoms with E-state index < -0.39 is 0 Å². The SMILES string of the molecule is CCCNC1COCC1C(=O)N(C)CC(C)C(=O)OC. The normalized spacial score (nSPS) is 23.4. The van der Waals surface area contributed by atoms with Gasteiger partial charge in [0.1, 0.15) is 0 Å². The molecule has 1 aliphatic rings. The quantitative estimate of drug-likeness (QED) is 0.680. The minimum atomic E-state index is -0.321. The lowest BCUT2D eigenvalue weighted by Crippen LogP contribution is -2.46. The van der Waals surface area contributed by atoms with Gasteiger partial charge >= 0.3 is 5.97 Å². The lowest BCUT2D eigenvalue weighted by molar-refractivity contribution is -0.146. The summed E-state index contributed by atoms with van der Waals surface area (Å²) in [7, 11) is 3.08. The summed E-state index contributed by atoms with van der Waals surface area (Å²) < 4.78 is 10.1. The number of esters is 1. The van der Waals surface area contributed by atoms with Crippen LogP contribution in [-0.2, 0) is 19.1 Å². The van der Waals surface area contributed by atoms with Crippen LogP contribution in [0.15, 0.2) is 0 Å². The Hall–Kier alpha value is -1.14. The van der Waals surface area contributed by atoms with E-state index in [1.54, 1.807) is 18.9 Å². The number of amides is 1. The van der Waals surface area contributed by atoms with Gasteiger partial charge < -0.3 is 19.7 Å². The lowest BCUT2D eigenvalue weighted by Gasteiger charge is -2.26. The van der Waals surface area contributed by atoms with Gasteiger partial charge in [0.25, 0.3) is 0 Å². The van der Waals surface area contributed by atoms with Gasteiger partial charge in [0.05, 0.1) is 32.2 Å². The van der Waals surface area contributed by atoms with E-state index in [0.29, 0.717) is 19.8 Å². The van der Waals surface area contributed by atoms with Crippen molar-refractivity contribution >= 4 is 11.9 Å². The van der Waals surface area contributed by atoms with Crippen molar-refractivity contribution in [1.29, 1.82) is 0 Å². The summed E-state index contributed by atoms with van der Waals surface area (Å²) in [6, 6.07) is 0.0679. The molecule has 0 aromatic rings. The largest absolute Gasteiger partial charge is 0.469 e. The Bertz CT molecular complexity index is 335. The Morgan fingerprint density at radius 3 is 2.75 bits per heavy atom. The summed E-state index contributed by atoms with van der Waals surface area (Å²) in [5.41, 5.74) is 0. The molecule has 116 valence electrons. The highest BCUT2D eigenvalue weighted by atomic mass is 16.5. The fourth-order valence-electron chi connectivity index (χ4n) is 2.39. The topological polar surface area (TPSA) is 67.9 Å². The molecule has 1 fully saturated rings. The van der Waals surface area contributed by atoms with Crippen LogP contribution in [0.2, 0.25) is 0 Å². The third-order valence-corrected chi connectivity index (χ3v) is 3.58. The molecule has 1 N–H and O–H groups in total. The summed E-state index contributed by atoms with van der Waals surface area (Å²) in [5, 5.41) is 3.34. The number of carbonyl (C=O) groups excluding carboxylic acids is 2. The molecule has 1 amide bonds. The maximum absolute atomic E-state index is 12.4. The van der Waals surface area contributed by atoms with Crippen LogP contribution in [0.25, 0.3) is 0 Å². The molecule has 0 aromatic heterocycles. The van der Waals surface area contributed by atoms with E-state index >= 15 is 0 Å². The number of ether oxygens (including phenoxy) is 2. The molecule has 0 radical (unpaired) electrons. The van der Waals surface area contributed by atoms with Gasteiger partial charge in [-0.1, -0.05) is 13.8 Å². The van der Waals surface area contributed by atoms with Crippen molar-refractivity contribution in [2.75, 3.05) is 40.5 Å². The maximum Gasteiger partial charge on any atom is 0.310 e. The summed E-state index contributed by atoms with van der Waals surface area (Å²) in [5.74, 6) is -0.769. The molecule has 3 atom stereocenters. The van der Waals surface area contributed by atoms with Crippen molar-refractivity contribution in [3.05, 3.63) is 0 Å². The van der Waals surface area contributed by atoms with E-state index in [1.165, 1.54) is 7.11 Å². The second kappa shape index (κ2) is 8.21. The first-order chi connectivity index (χ1) is 9.51. The van der Waals surface area contributed by atoms with Crippen LogP contribution in [0.3, 0.4) is 0 Å². The van der Waals surface area contributed by atoms with Crippen LogP contribution >= 0.6 is 0 Å². The van der Waals surface area contributed by atoms with Crippen LogP contribution in [-0.4, -0.2) is 63.3 Å². The third kappa shape index (κ3) is 4.45. The minimum Gasteiger partial charge on any atom is -0.469 e. The Morgan fingerprint density at radius 1 is 1.45 bits per heavy atom. The number of nitrogens with one attached hydrogen (secondary N) is 1. The molecule has 0 bridgehead atoms. The number of nitrogens with zero attached hydrogens (tertiary/aromatic N) is 1. The van der Waals surface area contributed by atoms with Gasteiger partial charge in [0.15, 0.2) is 0 Å². The van der Waals surface area contributed by atoms with Crippen molar-refractivity contribution in [3.8, 4) is 0 Å². The van der Waals surface area contributed by atoms with E-state index in [4.69, 9.17) is 4.74 Å². The zero-order valence-electron chi connectivity index (χ0n) is 12.8. The second-order valence-electron chi connectivity index (χ2n) is 5.35. The third-order valence-electron chi connectivity index (χ3n) is 3.58. The number of rotatable bonds is 7. The molecule has 6 nitrogen and oxygen atoms in total. The zero-order valence-corrected chi connectivity index (χ0v) is 12.8. The molecule has 3 unspecified atom stereocenters. The predicted molar refractivity (Wildman–Crippen MR) is 75.2 cm³/mol. The average Bonchev–Trinajstić information content (AvgIpc) is 2.91. The van der Waals surface area contributed by atoms with E-state index in [9.17, 15) is 9.59 Å². The number of hydrogen-bond donors (Lipinski definition) is 1. The summed E-state index contributed by atoms with van der Waals surface area (Å²) in [6.45, 7) is 6.09. The van der Waals surface area contributed by atoms with Crippen LogP contribution < -0.4 is 5.32 Å². The van der Waals surface area contributed by atoms with Crippen molar-refractivity contribution in [2.24, 2.45) is 11.8 Å². The molecule has 1 aliphatic heterocycles. The predicted octanol–water partition coefficient (Wildman–Crippen LogP) is 0.269. The van der Waals surface area contributed by atoms with Gasteiger partial charge in [-0.3, -0.25) is 9.59 Å². The molecule has 1 saturated heterocycles.